The van der Waals surface area contributed by atoms with Crippen LogP contribution in [0.4, 0.5) is 16.2 Å². The van der Waals surface area contributed by atoms with Gasteiger partial charge in [-0.3, -0.25) is 4.79 Å². The first kappa shape index (κ1) is 29.5. The molecule has 0 spiro atoms. The van der Waals surface area contributed by atoms with E-state index in [1.54, 1.807) is 59.7 Å². The number of nitrogens with one attached hydrogen (secondary N) is 2. The van der Waals surface area contributed by atoms with Gasteiger partial charge in [-0.25, -0.2) is 13.2 Å². The lowest BCUT2D eigenvalue weighted by Crippen LogP contribution is -2.48. The minimum Gasteiger partial charge on any atom is -0.488 e. The first-order valence-electron chi connectivity index (χ1n) is 12.9. The van der Waals surface area contributed by atoms with Crippen molar-refractivity contribution in [3.8, 4) is 5.75 Å². The quantitative estimate of drug-likeness (QED) is 0.368. The number of aliphatic hydroxyl groups is 1. The summed E-state index contributed by atoms with van der Waals surface area (Å²) in [5, 5.41) is 17.1. The van der Waals surface area contributed by atoms with Gasteiger partial charge >= 0.3 is 6.03 Å². The highest BCUT2D eigenvalue weighted by Crippen LogP contribution is 2.30. The Balaban J connectivity index is 1.61. The minimum atomic E-state index is -3.72. The summed E-state index contributed by atoms with van der Waals surface area (Å²) in [6.07, 6.45) is -0.615. The van der Waals surface area contributed by atoms with Crippen molar-refractivity contribution in [2.45, 2.75) is 36.6 Å². The number of sulfonamides is 1. The van der Waals surface area contributed by atoms with Crippen LogP contribution in [0.25, 0.3) is 0 Å². The number of hydrogen-bond acceptors (Lipinski definition) is 7. The Hall–Kier alpha value is -3.45. The first-order chi connectivity index (χ1) is 19.1. The van der Waals surface area contributed by atoms with E-state index in [2.05, 4.69) is 10.6 Å². The Morgan fingerprint density at radius 2 is 1.88 bits per heavy atom. The molecule has 12 heteroatoms. The lowest BCUT2D eigenvalue weighted by Gasteiger charge is -2.33. The van der Waals surface area contributed by atoms with Crippen molar-refractivity contribution in [3.63, 3.8) is 0 Å². The molecule has 3 aromatic rings. The SMILES string of the molecule is C[C@H](CO)N1C[C@H](C)[C@H](CN(C)S(=O)(=O)c2cccs2)Oc2ccc(NC(=O)Nc3ccccc3)cc2CC1=O. The van der Waals surface area contributed by atoms with Crippen LogP contribution in [0.3, 0.4) is 0 Å². The zero-order chi connectivity index (χ0) is 28.9. The number of amides is 3. The highest BCUT2D eigenvalue weighted by Gasteiger charge is 2.33. The number of rotatable bonds is 8. The van der Waals surface area contributed by atoms with Gasteiger partial charge in [0.25, 0.3) is 10.0 Å². The summed E-state index contributed by atoms with van der Waals surface area (Å²) in [5.74, 6) is -0.0386. The number of para-hydroxylation sites is 1. The molecular weight excluding hydrogens is 552 g/mol. The molecule has 0 fully saturated rings. The zero-order valence-electron chi connectivity index (χ0n) is 22.6. The number of thiophene rings is 1. The third-order valence-electron chi connectivity index (χ3n) is 6.80. The number of ether oxygens (including phenoxy) is 1. The second-order valence-electron chi connectivity index (χ2n) is 9.87. The summed E-state index contributed by atoms with van der Waals surface area (Å²) in [6, 6.07) is 16.4. The monoisotopic (exact) mass is 586 g/mol. The van der Waals surface area contributed by atoms with Gasteiger partial charge in [-0.05, 0) is 48.7 Å². The molecule has 2 heterocycles. The van der Waals surface area contributed by atoms with Crippen molar-refractivity contribution in [1.82, 2.24) is 9.21 Å². The van der Waals surface area contributed by atoms with Crippen LogP contribution in [0.1, 0.15) is 19.4 Å². The second-order valence-corrected chi connectivity index (χ2v) is 13.1. The largest absolute Gasteiger partial charge is 0.488 e. The van der Waals surface area contributed by atoms with Crippen LogP contribution in [0.2, 0.25) is 0 Å². The fraction of sp³-hybridized carbons (Fsp3) is 0.357. The summed E-state index contributed by atoms with van der Waals surface area (Å²) >= 11 is 1.14. The number of likely N-dealkylation sites (N-methyl/N-ethyl adjacent to an activating group) is 1. The summed E-state index contributed by atoms with van der Waals surface area (Å²) in [4.78, 5) is 27.6. The molecule has 0 saturated carbocycles. The van der Waals surface area contributed by atoms with Crippen LogP contribution in [0.5, 0.6) is 5.75 Å². The van der Waals surface area contributed by atoms with Crippen molar-refractivity contribution in [2.24, 2.45) is 5.92 Å². The van der Waals surface area contributed by atoms with E-state index >= 15 is 0 Å². The topological polar surface area (TPSA) is 128 Å². The van der Waals surface area contributed by atoms with Crippen molar-refractivity contribution < 1.29 is 27.9 Å². The van der Waals surface area contributed by atoms with E-state index in [0.717, 1.165) is 11.3 Å². The van der Waals surface area contributed by atoms with Crippen LogP contribution < -0.4 is 15.4 Å². The number of anilines is 2. The molecule has 0 radical (unpaired) electrons. The smallest absolute Gasteiger partial charge is 0.323 e. The fourth-order valence-corrected chi connectivity index (χ4v) is 6.84. The Bertz CT molecular complexity index is 1420. The van der Waals surface area contributed by atoms with Crippen LogP contribution in [-0.4, -0.2) is 73.6 Å². The molecule has 1 aliphatic heterocycles. The highest BCUT2D eigenvalue weighted by molar-refractivity contribution is 7.91. The van der Waals surface area contributed by atoms with Crippen molar-refractivity contribution in [3.05, 3.63) is 71.6 Å². The van der Waals surface area contributed by atoms with Crippen LogP contribution in [-0.2, 0) is 21.2 Å². The molecule has 3 atom stereocenters. The predicted octanol–water partition coefficient (Wildman–Crippen LogP) is 3.86. The van der Waals surface area contributed by atoms with Gasteiger partial charge in [0, 0.05) is 36.4 Å². The van der Waals surface area contributed by atoms with Gasteiger partial charge < -0.3 is 25.4 Å². The molecule has 10 nitrogen and oxygen atoms in total. The summed E-state index contributed by atoms with van der Waals surface area (Å²) in [5.41, 5.74) is 1.64. The van der Waals surface area contributed by atoms with Crippen LogP contribution >= 0.6 is 11.3 Å². The third kappa shape index (κ3) is 7.00. The van der Waals surface area contributed by atoms with E-state index in [-0.39, 0.29) is 42.2 Å². The normalized spacial score (nSPS) is 18.6. The van der Waals surface area contributed by atoms with Crippen molar-refractivity contribution in [2.75, 3.05) is 37.4 Å². The summed E-state index contributed by atoms with van der Waals surface area (Å²) in [7, 11) is -2.21. The highest BCUT2D eigenvalue weighted by atomic mass is 32.2. The van der Waals surface area contributed by atoms with Crippen molar-refractivity contribution in [1.29, 1.82) is 0 Å². The van der Waals surface area contributed by atoms with E-state index in [0.29, 0.717) is 22.7 Å². The Kier molecular flexibility index (Phi) is 9.46. The van der Waals surface area contributed by atoms with E-state index in [1.165, 1.54) is 11.4 Å². The van der Waals surface area contributed by atoms with Crippen LogP contribution in [0, 0.1) is 5.92 Å². The molecule has 2 aromatic carbocycles. The van der Waals surface area contributed by atoms with E-state index in [9.17, 15) is 23.1 Å². The third-order valence-corrected chi connectivity index (χ3v) is 10.00. The number of nitrogens with zero attached hydrogens (tertiary/aromatic N) is 2. The number of carbonyl (C=O) groups is 2. The van der Waals surface area contributed by atoms with E-state index < -0.39 is 28.2 Å². The maximum Gasteiger partial charge on any atom is 0.323 e. The second kappa shape index (κ2) is 12.8. The van der Waals surface area contributed by atoms with Gasteiger partial charge in [-0.15, -0.1) is 11.3 Å². The molecule has 0 aliphatic carbocycles. The standard InChI is InChI=1S/C28H34N4O6S2/c1-19-16-32(20(2)18-33)26(34)15-21-14-23(30-28(35)29-22-8-5-4-6-9-22)11-12-24(21)38-25(19)17-31(3)40(36,37)27-10-7-13-39-27/h4-14,19-20,25,33H,15-18H2,1-3H3,(H2,29,30,35)/t19-,20+,25-/m0/s1. The van der Waals surface area contributed by atoms with Crippen LogP contribution in [0.15, 0.2) is 70.3 Å². The molecule has 1 aromatic heterocycles. The van der Waals surface area contributed by atoms with Gasteiger partial charge in [-0.2, -0.15) is 4.31 Å². The number of benzene rings is 2. The van der Waals surface area contributed by atoms with Gasteiger partial charge in [0.05, 0.1) is 25.6 Å². The predicted molar refractivity (Wildman–Crippen MR) is 155 cm³/mol. The maximum atomic E-state index is 13.4. The number of urea groups is 1. The lowest BCUT2D eigenvalue weighted by molar-refractivity contribution is -0.134. The van der Waals surface area contributed by atoms with Gasteiger partial charge in [0.2, 0.25) is 5.91 Å². The minimum absolute atomic E-state index is 0.0156. The lowest BCUT2D eigenvalue weighted by atomic mass is 10.0. The Morgan fingerprint density at radius 1 is 1.15 bits per heavy atom. The van der Waals surface area contributed by atoms with Gasteiger partial charge in [0.1, 0.15) is 16.1 Å². The Morgan fingerprint density at radius 3 is 2.55 bits per heavy atom. The zero-order valence-corrected chi connectivity index (χ0v) is 24.2. The first-order valence-corrected chi connectivity index (χ1v) is 15.2. The molecule has 0 saturated heterocycles. The fourth-order valence-electron chi connectivity index (χ4n) is 4.46. The number of carbonyl (C=O) groups excluding carboxylic acids is 2. The van der Waals surface area contributed by atoms with E-state index in [4.69, 9.17) is 4.74 Å². The molecule has 0 unspecified atom stereocenters. The summed E-state index contributed by atoms with van der Waals surface area (Å²) < 4.78 is 34.2. The summed E-state index contributed by atoms with van der Waals surface area (Å²) in [6.45, 7) is 3.77. The molecule has 1 aliphatic rings. The molecule has 4 rings (SSSR count). The van der Waals surface area contributed by atoms with E-state index in [1.807, 2.05) is 25.1 Å². The average Bonchev–Trinajstić information content (AvgIpc) is 3.49. The van der Waals surface area contributed by atoms with Gasteiger partial charge in [0.15, 0.2) is 0 Å². The molecule has 40 heavy (non-hydrogen) atoms. The Labute approximate surface area is 238 Å². The molecule has 3 amide bonds. The average molecular weight is 587 g/mol. The maximum absolute atomic E-state index is 13.4. The molecular formula is C28H34N4O6S2. The number of hydrogen-bond donors (Lipinski definition) is 3. The van der Waals surface area contributed by atoms with Gasteiger partial charge in [-0.1, -0.05) is 31.2 Å². The van der Waals surface area contributed by atoms with Crippen molar-refractivity contribution >= 4 is 44.7 Å². The number of fused-ring (bicyclic) bond motifs is 1. The number of aliphatic hydroxyl groups excluding tert-OH is 1. The molecule has 3 N–H and O–H groups in total. The molecule has 0 bridgehead atoms. The molecule has 214 valence electrons.